The van der Waals surface area contributed by atoms with Crippen LogP contribution in [-0.4, -0.2) is 53.1 Å². The normalized spacial score (nSPS) is 18.6. The number of methoxy groups -OCH3 is 2. The van der Waals surface area contributed by atoms with E-state index < -0.39 is 10.0 Å². The molecule has 1 aliphatic carbocycles. The molecule has 2 aromatic carbocycles. The summed E-state index contributed by atoms with van der Waals surface area (Å²) in [4.78, 5) is 14.8. The average molecular weight is 489 g/mol. The quantitative estimate of drug-likeness (QED) is 0.360. The van der Waals surface area contributed by atoms with Crippen molar-refractivity contribution in [3.63, 3.8) is 0 Å². The number of benzene rings is 2. The van der Waals surface area contributed by atoms with Gasteiger partial charge in [-0.2, -0.15) is 0 Å². The molecule has 0 unspecified atom stereocenters. The smallest absolute Gasteiger partial charge is 0.257 e. The third-order valence-corrected chi connectivity index (χ3v) is 7.70. The van der Waals surface area contributed by atoms with E-state index in [4.69, 9.17) is 14.2 Å². The fourth-order valence-corrected chi connectivity index (χ4v) is 5.51. The molecule has 9 heteroatoms. The van der Waals surface area contributed by atoms with Crippen molar-refractivity contribution in [3.05, 3.63) is 48.0 Å². The lowest BCUT2D eigenvalue weighted by atomic mass is 10.0. The molecule has 1 saturated heterocycles. The fraction of sp³-hybridized carbons (Fsp3) is 0.480. The molecule has 0 spiro atoms. The summed E-state index contributed by atoms with van der Waals surface area (Å²) in [6, 6.07) is 12.1. The minimum Gasteiger partial charge on any atom is -0.497 e. The SMILES string of the molecule is COc1ccc(OC)c(S(=O)(=O)NN2CC[C@@H](CCCOc3ccc(C(=O)C4CC4)cc3)C2)c1. The van der Waals surface area contributed by atoms with Gasteiger partial charge in [0, 0.05) is 30.6 Å². The van der Waals surface area contributed by atoms with Crippen molar-refractivity contribution in [3.8, 4) is 17.2 Å². The molecule has 0 radical (unpaired) electrons. The molecule has 2 fully saturated rings. The van der Waals surface area contributed by atoms with Crippen LogP contribution in [0.15, 0.2) is 47.4 Å². The Balaban J connectivity index is 1.21. The predicted octanol–water partition coefficient (Wildman–Crippen LogP) is 3.67. The van der Waals surface area contributed by atoms with E-state index in [0.717, 1.165) is 43.4 Å². The number of sulfonamides is 1. The number of hydrazine groups is 1. The summed E-state index contributed by atoms with van der Waals surface area (Å²) in [5, 5.41) is 1.75. The lowest BCUT2D eigenvalue weighted by molar-refractivity contribution is 0.0967. The first-order valence-electron chi connectivity index (χ1n) is 11.7. The first-order chi connectivity index (χ1) is 16.4. The molecule has 1 N–H and O–H groups in total. The minimum atomic E-state index is -3.79. The Labute approximate surface area is 201 Å². The van der Waals surface area contributed by atoms with Crippen molar-refractivity contribution in [2.24, 2.45) is 11.8 Å². The highest BCUT2D eigenvalue weighted by atomic mass is 32.2. The van der Waals surface area contributed by atoms with Crippen molar-refractivity contribution in [2.45, 2.75) is 37.0 Å². The summed E-state index contributed by atoms with van der Waals surface area (Å²) in [5.74, 6) is 2.32. The van der Waals surface area contributed by atoms with Gasteiger partial charge >= 0.3 is 0 Å². The van der Waals surface area contributed by atoms with E-state index in [1.54, 1.807) is 17.1 Å². The molecular formula is C25H32N2O6S. The van der Waals surface area contributed by atoms with Crippen molar-refractivity contribution < 1.29 is 27.4 Å². The van der Waals surface area contributed by atoms with Crippen molar-refractivity contribution in [2.75, 3.05) is 33.9 Å². The summed E-state index contributed by atoms with van der Waals surface area (Å²) < 4.78 is 42.1. The molecule has 0 amide bonds. The molecule has 0 aromatic heterocycles. The van der Waals surface area contributed by atoms with Gasteiger partial charge in [-0.15, -0.1) is 4.83 Å². The van der Waals surface area contributed by atoms with Gasteiger partial charge in [0.1, 0.15) is 22.1 Å². The van der Waals surface area contributed by atoms with Crippen molar-refractivity contribution >= 4 is 15.8 Å². The van der Waals surface area contributed by atoms with E-state index in [9.17, 15) is 13.2 Å². The molecule has 1 aliphatic heterocycles. The third kappa shape index (κ3) is 6.08. The van der Waals surface area contributed by atoms with E-state index in [1.807, 2.05) is 24.3 Å². The van der Waals surface area contributed by atoms with Gasteiger partial charge in [-0.25, -0.2) is 13.4 Å². The summed E-state index contributed by atoms with van der Waals surface area (Å²) in [7, 11) is -0.860. The number of ketones is 1. The van der Waals surface area contributed by atoms with Gasteiger partial charge in [-0.1, -0.05) is 0 Å². The van der Waals surface area contributed by atoms with Crippen LogP contribution in [0.4, 0.5) is 0 Å². The lowest BCUT2D eigenvalue weighted by Crippen LogP contribution is -2.40. The monoisotopic (exact) mass is 488 g/mol. The van der Waals surface area contributed by atoms with Crippen LogP contribution in [-0.2, 0) is 10.0 Å². The number of ether oxygens (including phenoxy) is 3. The standard InChI is InChI=1S/C25H32N2O6S/c1-31-22-11-12-23(32-2)24(16-22)34(29,30)26-27-14-13-18(17-27)4-3-15-33-21-9-7-20(8-10-21)25(28)19-5-6-19/h7-12,16,18-19,26H,3-6,13-15,17H2,1-2H3/t18-/m1/s1. The summed E-state index contributed by atoms with van der Waals surface area (Å²) in [5.41, 5.74) is 0.759. The Bertz CT molecular complexity index is 1100. The van der Waals surface area contributed by atoms with Crippen LogP contribution in [0, 0.1) is 11.8 Å². The number of hydrogen-bond donors (Lipinski definition) is 1. The Hall–Kier alpha value is -2.62. The number of nitrogens with one attached hydrogen (secondary N) is 1. The van der Waals surface area contributed by atoms with Crippen LogP contribution in [0.2, 0.25) is 0 Å². The Morgan fingerprint density at radius 2 is 1.76 bits per heavy atom. The Morgan fingerprint density at radius 3 is 2.44 bits per heavy atom. The average Bonchev–Trinajstić information content (AvgIpc) is 3.61. The van der Waals surface area contributed by atoms with Crippen molar-refractivity contribution in [1.82, 2.24) is 9.84 Å². The molecular weight excluding hydrogens is 456 g/mol. The highest BCUT2D eigenvalue weighted by Gasteiger charge is 2.30. The molecule has 184 valence electrons. The molecule has 2 aromatic rings. The zero-order valence-electron chi connectivity index (χ0n) is 19.7. The molecule has 1 saturated carbocycles. The van der Waals surface area contributed by atoms with Gasteiger partial charge in [0.05, 0.1) is 20.8 Å². The molecule has 34 heavy (non-hydrogen) atoms. The van der Waals surface area contributed by atoms with E-state index >= 15 is 0 Å². The largest absolute Gasteiger partial charge is 0.497 e. The van der Waals surface area contributed by atoms with Gasteiger partial charge in [-0.3, -0.25) is 4.79 Å². The number of nitrogens with zero attached hydrogens (tertiary/aromatic N) is 1. The van der Waals surface area contributed by atoms with Gasteiger partial charge < -0.3 is 14.2 Å². The van der Waals surface area contributed by atoms with Crippen LogP contribution >= 0.6 is 0 Å². The number of hydrogen-bond acceptors (Lipinski definition) is 7. The zero-order valence-corrected chi connectivity index (χ0v) is 20.5. The van der Waals surface area contributed by atoms with Crippen LogP contribution in [0.25, 0.3) is 0 Å². The maximum Gasteiger partial charge on any atom is 0.257 e. The number of rotatable bonds is 12. The van der Waals surface area contributed by atoms with Crippen LogP contribution in [0.5, 0.6) is 17.2 Å². The van der Waals surface area contributed by atoms with Gasteiger partial charge in [0.2, 0.25) is 0 Å². The van der Waals surface area contributed by atoms with E-state index in [0.29, 0.717) is 31.4 Å². The predicted molar refractivity (Wildman–Crippen MR) is 128 cm³/mol. The van der Waals surface area contributed by atoms with Gasteiger partial charge in [0.15, 0.2) is 5.78 Å². The molecule has 4 rings (SSSR count). The number of Topliss-reactive ketones (excluding diaryl/α,β-unsaturated/α-hetero) is 1. The van der Waals surface area contributed by atoms with Gasteiger partial charge in [0.25, 0.3) is 10.0 Å². The number of carbonyl (C=O) groups is 1. The van der Waals surface area contributed by atoms with Crippen LogP contribution in [0.3, 0.4) is 0 Å². The lowest BCUT2D eigenvalue weighted by Gasteiger charge is -2.19. The Kier molecular flexibility index (Phi) is 7.75. The minimum absolute atomic E-state index is 0.0519. The maximum absolute atomic E-state index is 12.9. The molecule has 1 heterocycles. The molecule has 2 aliphatic rings. The summed E-state index contributed by atoms with van der Waals surface area (Å²) in [6.07, 6.45) is 4.74. The second-order valence-corrected chi connectivity index (χ2v) is 10.5. The highest BCUT2D eigenvalue weighted by Crippen LogP contribution is 2.33. The summed E-state index contributed by atoms with van der Waals surface area (Å²) in [6.45, 7) is 1.87. The third-order valence-electron chi connectivity index (χ3n) is 6.31. The highest BCUT2D eigenvalue weighted by molar-refractivity contribution is 7.89. The second kappa shape index (κ2) is 10.8. The summed E-state index contributed by atoms with van der Waals surface area (Å²) >= 11 is 0. The van der Waals surface area contributed by atoms with Crippen LogP contribution < -0.4 is 19.0 Å². The number of carbonyl (C=O) groups excluding carboxylic acids is 1. The maximum atomic E-state index is 12.9. The second-order valence-electron chi connectivity index (χ2n) is 8.87. The van der Waals surface area contributed by atoms with Gasteiger partial charge in [-0.05, 0) is 74.4 Å². The fourth-order valence-electron chi connectivity index (χ4n) is 4.22. The topological polar surface area (TPSA) is 94.2 Å². The Morgan fingerprint density at radius 1 is 1.03 bits per heavy atom. The van der Waals surface area contributed by atoms with Crippen LogP contribution in [0.1, 0.15) is 42.5 Å². The molecule has 0 bridgehead atoms. The van der Waals surface area contributed by atoms with Crippen molar-refractivity contribution in [1.29, 1.82) is 0 Å². The molecule has 1 atom stereocenters. The molecule has 8 nitrogen and oxygen atoms in total. The first kappa shape index (κ1) is 24.5. The first-order valence-corrected chi connectivity index (χ1v) is 13.1. The van der Waals surface area contributed by atoms with E-state index in [2.05, 4.69) is 4.83 Å². The van der Waals surface area contributed by atoms with E-state index in [1.165, 1.54) is 20.3 Å². The van der Waals surface area contributed by atoms with E-state index in [-0.39, 0.29) is 22.3 Å². The zero-order chi connectivity index (χ0) is 24.1.